The van der Waals surface area contributed by atoms with E-state index in [1.165, 1.54) is 0 Å². The number of nitrogens with zero attached hydrogens (tertiary/aromatic N) is 1. The van der Waals surface area contributed by atoms with Gasteiger partial charge in [0.2, 0.25) is 21.8 Å². The lowest BCUT2D eigenvalue weighted by atomic mass is 9.84. The molecule has 0 bridgehead atoms. The van der Waals surface area contributed by atoms with Crippen molar-refractivity contribution in [2.24, 2.45) is 0 Å². The summed E-state index contributed by atoms with van der Waals surface area (Å²) in [5, 5.41) is 3.03. The van der Waals surface area contributed by atoms with Gasteiger partial charge in [-0.1, -0.05) is 115 Å². The molecule has 0 radical (unpaired) electrons. The molecule has 5 rings (SSSR count). The molecule has 1 saturated heterocycles. The number of aryl methyl sites for hydroxylation is 2. The van der Waals surface area contributed by atoms with Crippen molar-refractivity contribution in [3.63, 3.8) is 0 Å². The summed E-state index contributed by atoms with van der Waals surface area (Å²) >= 11 is 0. The zero-order valence-corrected chi connectivity index (χ0v) is 26.0. The van der Waals surface area contributed by atoms with Gasteiger partial charge in [0.15, 0.2) is 0 Å². The summed E-state index contributed by atoms with van der Waals surface area (Å²) in [6.45, 7) is 4.74. The van der Waals surface area contributed by atoms with Crippen LogP contribution in [0.2, 0.25) is 0 Å². The Morgan fingerprint density at radius 1 is 0.841 bits per heavy atom. The van der Waals surface area contributed by atoms with Crippen molar-refractivity contribution in [2.45, 2.75) is 57.0 Å². The Morgan fingerprint density at radius 2 is 1.43 bits per heavy atom. The Balaban J connectivity index is 1.47. The summed E-state index contributed by atoms with van der Waals surface area (Å²) in [6.07, 6.45) is 1.16. The van der Waals surface area contributed by atoms with E-state index >= 15 is 0 Å². The molecule has 7 nitrogen and oxygen atoms in total. The predicted molar refractivity (Wildman–Crippen MR) is 173 cm³/mol. The lowest BCUT2D eigenvalue weighted by Crippen LogP contribution is -2.55. The van der Waals surface area contributed by atoms with Crippen molar-refractivity contribution >= 4 is 21.8 Å². The SMILES string of the molecule is Cc1ccc(C)c(CNC(=O)[C@@H]2CCCN2C(=O)[C@H](NS(=O)(=O)Cc2ccccc2)C(c2ccccc2)c2ccccc2)c1. The fourth-order valence-electron chi connectivity index (χ4n) is 5.96. The lowest BCUT2D eigenvalue weighted by Gasteiger charge is -2.33. The molecule has 44 heavy (non-hydrogen) atoms. The maximum atomic E-state index is 14.6. The van der Waals surface area contributed by atoms with Crippen LogP contribution in [-0.4, -0.2) is 43.8 Å². The highest BCUT2D eigenvalue weighted by atomic mass is 32.2. The van der Waals surface area contributed by atoms with Crippen molar-refractivity contribution in [1.82, 2.24) is 14.9 Å². The van der Waals surface area contributed by atoms with Gasteiger partial charge in [-0.25, -0.2) is 13.1 Å². The van der Waals surface area contributed by atoms with Crippen molar-refractivity contribution in [3.8, 4) is 0 Å². The molecule has 4 aromatic carbocycles. The van der Waals surface area contributed by atoms with E-state index in [0.717, 1.165) is 27.8 Å². The Bertz CT molecular complexity index is 1640. The molecule has 0 saturated carbocycles. The van der Waals surface area contributed by atoms with Crippen molar-refractivity contribution in [1.29, 1.82) is 0 Å². The van der Waals surface area contributed by atoms with Crippen molar-refractivity contribution < 1.29 is 18.0 Å². The number of carbonyl (C=O) groups is 2. The van der Waals surface area contributed by atoms with Crippen molar-refractivity contribution in [2.75, 3.05) is 6.54 Å². The second-order valence-electron chi connectivity index (χ2n) is 11.5. The number of hydrogen-bond acceptors (Lipinski definition) is 4. The highest BCUT2D eigenvalue weighted by Gasteiger charge is 2.42. The molecular formula is C36H39N3O4S. The highest BCUT2D eigenvalue weighted by molar-refractivity contribution is 7.88. The normalized spacial score (nSPS) is 15.7. The molecule has 1 heterocycles. The number of rotatable bonds is 11. The standard InChI is InChI=1S/C36H39N3O4S/c1-26-20-21-27(2)31(23-26)24-37-35(40)32-19-12-22-39(32)36(41)34(38-44(42,43)25-28-13-6-3-7-14-28)33(29-15-8-4-9-16-29)30-17-10-5-11-18-30/h3-11,13-18,20-21,23,32-34,38H,12,19,22,24-25H2,1-2H3,(H,37,40)/t32-,34+/m0/s1. The number of nitrogens with one attached hydrogen (secondary N) is 2. The minimum Gasteiger partial charge on any atom is -0.350 e. The molecule has 4 aromatic rings. The van der Waals surface area contributed by atoms with Crippen LogP contribution in [0.25, 0.3) is 0 Å². The Kier molecular flexibility index (Phi) is 9.92. The van der Waals surface area contributed by atoms with E-state index in [-0.39, 0.29) is 11.7 Å². The Hall–Kier alpha value is -4.27. The van der Waals surface area contributed by atoms with Gasteiger partial charge in [-0.3, -0.25) is 9.59 Å². The van der Waals surface area contributed by atoms with Gasteiger partial charge in [0, 0.05) is 19.0 Å². The van der Waals surface area contributed by atoms with E-state index in [9.17, 15) is 18.0 Å². The van der Waals surface area contributed by atoms with Crippen LogP contribution in [0.3, 0.4) is 0 Å². The quantitative estimate of drug-likeness (QED) is 0.244. The number of sulfonamides is 1. The maximum absolute atomic E-state index is 14.6. The van der Waals surface area contributed by atoms with Gasteiger partial charge in [-0.15, -0.1) is 0 Å². The number of carbonyl (C=O) groups excluding carboxylic acids is 2. The molecule has 0 spiro atoms. The molecule has 228 valence electrons. The number of likely N-dealkylation sites (tertiary alicyclic amines) is 1. The molecule has 0 aromatic heterocycles. The Morgan fingerprint density at radius 3 is 2.05 bits per heavy atom. The molecule has 0 aliphatic carbocycles. The van der Waals surface area contributed by atoms with E-state index in [2.05, 4.69) is 16.1 Å². The second kappa shape index (κ2) is 14.0. The van der Waals surface area contributed by atoms with Crippen LogP contribution in [0.15, 0.2) is 109 Å². The molecule has 8 heteroatoms. The molecule has 2 atom stereocenters. The summed E-state index contributed by atoms with van der Waals surface area (Å²) in [4.78, 5) is 29.7. The van der Waals surface area contributed by atoms with Gasteiger partial charge in [0.1, 0.15) is 12.1 Å². The first-order valence-corrected chi connectivity index (χ1v) is 16.7. The average Bonchev–Trinajstić information content (AvgIpc) is 3.52. The minimum absolute atomic E-state index is 0.237. The van der Waals surface area contributed by atoms with E-state index in [1.54, 1.807) is 29.2 Å². The lowest BCUT2D eigenvalue weighted by molar-refractivity contribution is -0.140. The Labute approximate surface area is 260 Å². The van der Waals surface area contributed by atoms with Gasteiger partial charge in [0.25, 0.3) is 0 Å². The fourth-order valence-corrected chi connectivity index (χ4v) is 7.30. The zero-order chi connectivity index (χ0) is 31.1. The fraction of sp³-hybridized carbons (Fsp3) is 0.278. The monoisotopic (exact) mass is 609 g/mol. The minimum atomic E-state index is -3.96. The molecule has 2 amide bonds. The third-order valence-electron chi connectivity index (χ3n) is 8.22. The van der Waals surface area contributed by atoms with Crippen LogP contribution in [0.5, 0.6) is 0 Å². The van der Waals surface area contributed by atoms with Crippen LogP contribution in [0, 0.1) is 13.8 Å². The van der Waals surface area contributed by atoms with E-state index in [0.29, 0.717) is 31.5 Å². The van der Waals surface area contributed by atoms with Crippen LogP contribution in [-0.2, 0) is 31.9 Å². The largest absolute Gasteiger partial charge is 0.350 e. The summed E-state index contributed by atoms with van der Waals surface area (Å²) < 4.78 is 30.1. The third-order valence-corrected chi connectivity index (χ3v) is 9.55. The predicted octanol–water partition coefficient (Wildman–Crippen LogP) is 5.23. The van der Waals surface area contributed by atoms with Crippen LogP contribution >= 0.6 is 0 Å². The zero-order valence-electron chi connectivity index (χ0n) is 25.1. The molecule has 1 aliphatic heterocycles. The van der Waals surface area contributed by atoms with Gasteiger partial charge in [0.05, 0.1) is 5.75 Å². The van der Waals surface area contributed by atoms with Crippen LogP contribution in [0.1, 0.15) is 52.1 Å². The van der Waals surface area contributed by atoms with Gasteiger partial charge in [-0.05, 0) is 54.5 Å². The molecule has 2 N–H and O–H groups in total. The smallest absolute Gasteiger partial charge is 0.243 e. The summed E-state index contributed by atoms with van der Waals surface area (Å²) in [7, 11) is -3.96. The first-order chi connectivity index (χ1) is 21.2. The number of hydrogen-bond donors (Lipinski definition) is 2. The van der Waals surface area contributed by atoms with E-state index < -0.39 is 33.9 Å². The molecule has 1 fully saturated rings. The first-order valence-electron chi connectivity index (χ1n) is 15.0. The van der Waals surface area contributed by atoms with E-state index in [4.69, 9.17) is 0 Å². The maximum Gasteiger partial charge on any atom is 0.243 e. The van der Waals surface area contributed by atoms with Crippen LogP contribution < -0.4 is 10.0 Å². The number of amides is 2. The molecule has 1 aliphatic rings. The summed E-state index contributed by atoms with van der Waals surface area (Å²) in [6, 6.07) is 32.1. The van der Waals surface area contributed by atoms with Crippen LogP contribution in [0.4, 0.5) is 0 Å². The van der Waals surface area contributed by atoms with Crippen molar-refractivity contribution in [3.05, 3.63) is 143 Å². The average molecular weight is 610 g/mol. The molecular weight excluding hydrogens is 570 g/mol. The number of benzene rings is 4. The topological polar surface area (TPSA) is 95.6 Å². The second-order valence-corrected chi connectivity index (χ2v) is 13.2. The van der Waals surface area contributed by atoms with E-state index in [1.807, 2.05) is 92.7 Å². The third kappa shape index (κ3) is 7.62. The first kappa shape index (κ1) is 31.2. The summed E-state index contributed by atoms with van der Waals surface area (Å²) in [5.41, 5.74) is 5.43. The van der Waals surface area contributed by atoms with Gasteiger partial charge >= 0.3 is 0 Å². The summed E-state index contributed by atoms with van der Waals surface area (Å²) in [5.74, 6) is -1.54. The van der Waals surface area contributed by atoms with Gasteiger partial charge < -0.3 is 10.2 Å². The highest BCUT2D eigenvalue weighted by Crippen LogP contribution is 2.32. The van der Waals surface area contributed by atoms with Gasteiger partial charge in [-0.2, -0.15) is 0 Å². The molecule has 0 unspecified atom stereocenters.